The minimum absolute atomic E-state index is 0.735. The third-order valence-electron chi connectivity index (χ3n) is 3.93. The van der Waals surface area contributed by atoms with Gasteiger partial charge < -0.3 is 5.32 Å². The minimum Gasteiger partial charge on any atom is -0.368 e. The van der Waals surface area contributed by atoms with E-state index in [0.717, 1.165) is 59.8 Å². The van der Waals surface area contributed by atoms with E-state index >= 15 is 0 Å². The molecule has 4 nitrogen and oxygen atoms in total. The molecule has 2 rings (SSSR count). The van der Waals surface area contributed by atoms with Crippen molar-refractivity contribution in [3.05, 3.63) is 52.9 Å². The van der Waals surface area contributed by atoms with Crippen LogP contribution >= 0.6 is 0 Å². The Hall–Kier alpha value is -2.23. The predicted molar refractivity (Wildman–Crippen MR) is 106 cm³/mol. The van der Waals surface area contributed by atoms with Gasteiger partial charge in [0.2, 0.25) is 0 Å². The maximum absolute atomic E-state index is 4.80. The summed E-state index contributed by atoms with van der Waals surface area (Å²) in [7, 11) is 0. The highest BCUT2D eigenvalue weighted by Crippen LogP contribution is 2.14. The average Bonchev–Trinajstić information content (AvgIpc) is 2.60. The molecule has 1 aromatic heterocycles. The molecule has 0 radical (unpaired) electrons. The standard InChI is InChI=1S/C21H30N4/c1-5-10-17(12-9-7-8-11-16(3)4)18-15-19-20(24-14-13-23-19)21(25-18)22-6-2/h5,7,9-10,12,15-16H,6,8,11,13-14H2,1-4H3,(H,22,25)/b9-7+,10-5-,17-12+. The van der Waals surface area contributed by atoms with Crippen LogP contribution in [0.15, 0.2) is 46.4 Å². The molecule has 0 spiro atoms. The van der Waals surface area contributed by atoms with Gasteiger partial charge in [-0.1, -0.05) is 44.2 Å². The Kier molecular flexibility index (Phi) is 7.58. The van der Waals surface area contributed by atoms with Crippen LogP contribution in [0.3, 0.4) is 0 Å². The lowest BCUT2D eigenvalue weighted by Gasteiger charge is -2.10. The van der Waals surface area contributed by atoms with Gasteiger partial charge in [-0.25, -0.2) is 4.98 Å². The average molecular weight is 338 g/mol. The Morgan fingerprint density at radius 1 is 1.28 bits per heavy atom. The number of aromatic nitrogens is 1. The number of hydrogen-bond acceptors (Lipinski definition) is 4. The van der Waals surface area contributed by atoms with Gasteiger partial charge >= 0.3 is 0 Å². The molecule has 1 aromatic rings. The molecule has 0 aromatic carbocycles. The van der Waals surface area contributed by atoms with Crippen molar-refractivity contribution in [2.24, 2.45) is 15.9 Å². The third-order valence-corrected chi connectivity index (χ3v) is 3.93. The molecule has 2 heterocycles. The highest BCUT2D eigenvalue weighted by Gasteiger charge is 2.08. The number of anilines is 1. The lowest BCUT2D eigenvalue weighted by molar-refractivity contribution is 0.594. The van der Waals surface area contributed by atoms with Crippen molar-refractivity contribution in [1.82, 2.24) is 4.98 Å². The summed E-state index contributed by atoms with van der Waals surface area (Å²) in [5.74, 6) is 1.57. The van der Waals surface area contributed by atoms with E-state index in [1.807, 2.05) is 19.1 Å². The molecule has 25 heavy (non-hydrogen) atoms. The molecule has 0 atom stereocenters. The Balaban J connectivity index is 2.37. The first-order valence-electron chi connectivity index (χ1n) is 9.29. The van der Waals surface area contributed by atoms with Gasteiger partial charge in [-0.05, 0) is 44.2 Å². The summed E-state index contributed by atoms with van der Waals surface area (Å²) in [5.41, 5.74) is 2.02. The van der Waals surface area contributed by atoms with Crippen molar-refractivity contribution in [2.75, 3.05) is 25.0 Å². The van der Waals surface area contributed by atoms with Gasteiger partial charge in [-0.3, -0.25) is 9.98 Å². The summed E-state index contributed by atoms with van der Waals surface area (Å²) in [6.07, 6.45) is 12.9. The van der Waals surface area contributed by atoms with Crippen LogP contribution in [0.5, 0.6) is 0 Å². The summed E-state index contributed by atoms with van der Waals surface area (Å²) in [6.45, 7) is 10.9. The Labute approximate surface area is 151 Å². The molecular weight excluding hydrogens is 308 g/mol. The van der Waals surface area contributed by atoms with E-state index in [9.17, 15) is 0 Å². The lowest BCUT2D eigenvalue weighted by Crippen LogP contribution is -2.34. The number of nitrogens with zero attached hydrogens (tertiary/aromatic N) is 3. The number of nitrogens with one attached hydrogen (secondary N) is 1. The fourth-order valence-electron chi connectivity index (χ4n) is 2.68. The monoisotopic (exact) mass is 338 g/mol. The van der Waals surface area contributed by atoms with E-state index < -0.39 is 0 Å². The molecule has 1 aliphatic heterocycles. The first kappa shape index (κ1) is 19.1. The molecule has 1 aliphatic rings. The van der Waals surface area contributed by atoms with Gasteiger partial charge in [0, 0.05) is 6.54 Å². The second-order valence-electron chi connectivity index (χ2n) is 6.54. The summed E-state index contributed by atoms with van der Waals surface area (Å²) < 4.78 is 0. The Morgan fingerprint density at radius 3 is 2.80 bits per heavy atom. The molecule has 0 amide bonds. The first-order valence-corrected chi connectivity index (χ1v) is 9.29. The van der Waals surface area contributed by atoms with Gasteiger partial charge in [0.15, 0.2) is 5.82 Å². The van der Waals surface area contributed by atoms with Crippen molar-refractivity contribution < 1.29 is 0 Å². The van der Waals surface area contributed by atoms with E-state index in [-0.39, 0.29) is 0 Å². The zero-order valence-electron chi connectivity index (χ0n) is 15.9. The topological polar surface area (TPSA) is 49.6 Å². The maximum atomic E-state index is 4.80. The van der Waals surface area contributed by atoms with Crippen LogP contribution in [0.1, 0.15) is 46.2 Å². The highest BCUT2D eigenvalue weighted by atomic mass is 15.0. The summed E-state index contributed by atoms with van der Waals surface area (Å²) in [5, 5.41) is 5.16. The van der Waals surface area contributed by atoms with Crippen LogP contribution in [0, 0.1) is 5.92 Å². The molecule has 0 fully saturated rings. The number of allylic oxidation sites excluding steroid dienone is 6. The van der Waals surface area contributed by atoms with E-state index in [0.29, 0.717) is 0 Å². The van der Waals surface area contributed by atoms with E-state index in [1.54, 1.807) is 0 Å². The second kappa shape index (κ2) is 9.92. The number of pyridine rings is 1. The maximum Gasteiger partial charge on any atom is 0.154 e. The van der Waals surface area contributed by atoms with Crippen LogP contribution in [0.25, 0.3) is 5.57 Å². The van der Waals surface area contributed by atoms with Crippen LogP contribution in [0.2, 0.25) is 0 Å². The van der Waals surface area contributed by atoms with Gasteiger partial charge in [0.05, 0.1) is 24.1 Å². The van der Waals surface area contributed by atoms with Gasteiger partial charge in [-0.2, -0.15) is 0 Å². The molecule has 0 aliphatic carbocycles. The van der Waals surface area contributed by atoms with Crippen molar-refractivity contribution in [1.29, 1.82) is 0 Å². The number of hydrogen-bond donors (Lipinski definition) is 1. The number of fused-ring (bicyclic) bond motifs is 1. The largest absolute Gasteiger partial charge is 0.368 e. The summed E-state index contributed by atoms with van der Waals surface area (Å²) in [6, 6.07) is 2.05. The predicted octanol–water partition coefficient (Wildman–Crippen LogP) is 3.72. The Bertz CT molecular complexity index is 770. The smallest absolute Gasteiger partial charge is 0.154 e. The van der Waals surface area contributed by atoms with Gasteiger partial charge in [-0.15, -0.1) is 0 Å². The van der Waals surface area contributed by atoms with Crippen LogP contribution in [-0.2, 0) is 0 Å². The van der Waals surface area contributed by atoms with Crippen molar-refractivity contribution >= 4 is 11.4 Å². The molecule has 0 saturated carbocycles. The minimum atomic E-state index is 0.735. The first-order chi connectivity index (χ1) is 12.2. The zero-order chi connectivity index (χ0) is 18.1. The lowest BCUT2D eigenvalue weighted by atomic mass is 10.1. The van der Waals surface area contributed by atoms with Gasteiger partial charge in [0.1, 0.15) is 5.36 Å². The highest BCUT2D eigenvalue weighted by molar-refractivity contribution is 5.73. The third kappa shape index (κ3) is 5.66. The zero-order valence-corrected chi connectivity index (χ0v) is 15.9. The summed E-state index contributed by atoms with van der Waals surface area (Å²) >= 11 is 0. The molecular formula is C21H30N4. The molecule has 0 saturated heterocycles. The Morgan fingerprint density at radius 2 is 2.08 bits per heavy atom. The summed E-state index contributed by atoms with van der Waals surface area (Å²) in [4.78, 5) is 14.0. The van der Waals surface area contributed by atoms with Crippen molar-refractivity contribution in [3.63, 3.8) is 0 Å². The second-order valence-corrected chi connectivity index (χ2v) is 6.54. The van der Waals surface area contributed by atoms with E-state index in [4.69, 9.17) is 4.98 Å². The van der Waals surface area contributed by atoms with E-state index in [1.165, 1.54) is 6.42 Å². The van der Waals surface area contributed by atoms with Gasteiger partial charge in [0.25, 0.3) is 0 Å². The fraction of sp³-hybridized carbons (Fsp3) is 0.476. The molecule has 1 N–H and O–H groups in total. The molecule has 0 bridgehead atoms. The fourth-order valence-corrected chi connectivity index (χ4v) is 2.68. The normalized spacial score (nSPS) is 14.7. The van der Waals surface area contributed by atoms with Crippen LogP contribution < -0.4 is 16.0 Å². The van der Waals surface area contributed by atoms with Crippen molar-refractivity contribution in [3.8, 4) is 0 Å². The van der Waals surface area contributed by atoms with Crippen molar-refractivity contribution in [2.45, 2.75) is 40.5 Å². The number of rotatable bonds is 8. The van der Waals surface area contributed by atoms with E-state index in [2.05, 4.69) is 60.4 Å². The molecule has 0 unspecified atom stereocenters. The van der Waals surface area contributed by atoms with Crippen LogP contribution in [-0.4, -0.2) is 24.6 Å². The quantitative estimate of drug-likeness (QED) is 0.735. The van der Waals surface area contributed by atoms with Crippen LogP contribution in [0.4, 0.5) is 5.82 Å². The molecule has 134 valence electrons. The molecule has 4 heteroatoms. The SMILES string of the molecule is C\C=C/C(=C\C=C\CCC(C)C)c1cc2c(c(NCC)n1)=NCCN=2.